The van der Waals surface area contributed by atoms with Crippen LogP contribution in [0.2, 0.25) is 0 Å². The maximum absolute atomic E-state index is 12.0. The van der Waals surface area contributed by atoms with E-state index in [0.29, 0.717) is 0 Å². The lowest BCUT2D eigenvalue weighted by Gasteiger charge is -2.27. The Morgan fingerprint density at radius 3 is 2.55 bits per heavy atom. The zero-order valence-electron chi connectivity index (χ0n) is 12.0. The molecular weight excluding hydrogens is 256 g/mol. The Balaban J connectivity index is 2.29. The standard InChI is InChI=1S/C15H20N2O3/c1-15(2,3)16-11-6-4-5-7-12(11)17-9-10(14(19)20)8-13(17)18/h4-7,10,16H,8-9H2,1-3H3,(H,19,20). The van der Waals surface area contributed by atoms with Gasteiger partial charge >= 0.3 is 5.97 Å². The number of anilines is 2. The van der Waals surface area contributed by atoms with E-state index < -0.39 is 11.9 Å². The molecule has 0 aromatic heterocycles. The van der Waals surface area contributed by atoms with Crippen molar-refractivity contribution in [1.82, 2.24) is 0 Å². The van der Waals surface area contributed by atoms with Crippen LogP contribution in [0, 0.1) is 5.92 Å². The van der Waals surface area contributed by atoms with Crippen LogP contribution in [0.25, 0.3) is 0 Å². The molecular formula is C15H20N2O3. The van der Waals surface area contributed by atoms with Gasteiger partial charge in [0, 0.05) is 18.5 Å². The van der Waals surface area contributed by atoms with Gasteiger partial charge in [-0.15, -0.1) is 0 Å². The Morgan fingerprint density at radius 1 is 1.35 bits per heavy atom. The molecule has 5 nitrogen and oxygen atoms in total. The van der Waals surface area contributed by atoms with Crippen LogP contribution in [0.1, 0.15) is 27.2 Å². The van der Waals surface area contributed by atoms with Gasteiger partial charge in [0.05, 0.1) is 17.3 Å². The summed E-state index contributed by atoms with van der Waals surface area (Å²) in [6.07, 6.45) is 0.0686. The number of para-hydroxylation sites is 2. The number of hydrogen-bond donors (Lipinski definition) is 2. The second-order valence-electron chi connectivity index (χ2n) is 6.14. The third-order valence-electron chi connectivity index (χ3n) is 3.18. The summed E-state index contributed by atoms with van der Waals surface area (Å²) in [5.74, 6) is -1.67. The fourth-order valence-electron chi connectivity index (χ4n) is 2.32. The highest BCUT2D eigenvalue weighted by Crippen LogP contribution is 2.32. The molecule has 1 aliphatic rings. The Kier molecular flexibility index (Phi) is 3.70. The van der Waals surface area contributed by atoms with E-state index in [0.717, 1.165) is 11.4 Å². The van der Waals surface area contributed by atoms with Crippen molar-refractivity contribution in [3.63, 3.8) is 0 Å². The number of aliphatic carboxylic acids is 1. The van der Waals surface area contributed by atoms with Gasteiger partial charge in [-0.1, -0.05) is 12.1 Å². The molecule has 1 fully saturated rings. The summed E-state index contributed by atoms with van der Waals surface area (Å²) in [6.45, 7) is 6.35. The largest absolute Gasteiger partial charge is 0.481 e. The molecule has 0 bridgehead atoms. The molecule has 1 amide bonds. The van der Waals surface area contributed by atoms with E-state index in [1.165, 1.54) is 0 Å². The van der Waals surface area contributed by atoms with Gasteiger partial charge in [-0.3, -0.25) is 9.59 Å². The fraction of sp³-hybridized carbons (Fsp3) is 0.467. The van der Waals surface area contributed by atoms with Crippen molar-refractivity contribution in [3.8, 4) is 0 Å². The number of rotatable bonds is 3. The second kappa shape index (κ2) is 5.15. The summed E-state index contributed by atoms with van der Waals surface area (Å²) in [5.41, 5.74) is 1.46. The quantitative estimate of drug-likeness (QED) is 0.889. The number of carboxylic acids is 1. The van der Waals surface area contributed by atoms with Gasteiger partial charge in [0.2, 0.25) is 5.91 Å². The normalized spacial score (nSPS) is 19.2. The van der Waals surface area contributed by atoms with Crippen molar-refractivity contribution in [1.29, 1.82) is 0 Å². The highest BCUT2D eigenvalue weighted by Gasteiger charge is 2.36. The monoisotopic (exact) mass is 276 g/mol. The van der Waals surface area contributed by atoms with Crippen LogP contribution in [0.15, 0.2) is 24.3 Å². The number of amides is 1. The molecule has 0 spiro atoms. The number of carbonyl (C=O) groups is 2. The minimum absolute atomic E-state index is 0.0686. The predicted octanol–water partition coefficient (Wildman–Crippen LogP) is 2.33. The summed E-state index contributed by atoms with van der Waals surface area (Å²) in [5, 5.41) is 12.4. The summed E-state index contributed by atoms with van der Waals surface area (Å²) in [6, 6.07) is 7.50. The average Bonchev–Trinajstić information content (AvgIpc) is 2.70. The lowest BCUT2D eigenvalue weighted by molar-refractivity contribution is -0.141. The van der Waals surface area contributed by atoms with Crippen molar-refractivity contribution in [2.75, 3.05) is 16.8 Å². The van der Waals surface area contributed by atoms with Gasteiger partial charge in [0.15, 0.2) is 0 Å². The zero-order chi connectivity index (χ0) is 14.9. The lowest BCUT2D eigenvalue weighted by atomic mass is 10.1. The van der Waals surface area contributed by atoms with Crippen LogP contribution in [0.3, 0.4) is 0 Å². The van der Waals surface area contributed by atoms with Gasteiger partial charge in [-0.2, -0.15) is 0 Å². The molecule has 1 saturated heterocycles. The molecule has 0 radical (unpaired) electrons. The Bertz CT molecular complexity index is 534. The molecule has 2 N–H and O–H groups in total. The van der Waals surface area contributed by atoms with Crippen LogP contribution in [0.4, 0.5) is 11.4 Å². The van der Waals surface area contributed by atoms with E-state index in [-0.39, 0.29) is 24.4 Å². The van der Waals surface area contributed by atoms with Crippen LogP contribution >= 0.6 is 0 Å². The van der Waals surface area contributed by atoms with Gasteiger partial charge in [-0.05, 0) is 32.9 Å². The molecule has 5 heteroatoms. The van der Waals surface area contributed by atoms with Crippen LogP contribution in [-0.2, 0) is 9.59 Å². The Morgan fingerprint density at radius 2 is 2.00 bits per heavy atom. The number of carboxylic acid groups (broad SMARTS) is 1. The van der Waals surface area contributed by atoms with E-state index in [1.807, 2.05) is 45.0 Å². The molecule has 1 atom stereocenters. The highest BCUT2D eigenvalue weighted by molar-refractivity contribution is 6.01. The molecule has 2 rings (SSSR count). The Labute approximate surface area is 118 Å². The van der Waals surface area contributed by atoms with E-state index in [9.17, 15) is 9.59 Å². The summed E-state index contributed by atoms with van der Waals surface area (Å²) < 4.78 is 0. The first kappa shape index (κ1) is 14.4. The zero-order valence-corrected chi connectivity index (χ0v) is 12.0. The number of hydrogen-bond acceptors (Lipinski definition) is 3. The van der Waals surface area contributed by atoms with Crippen molar-refractivity contribution in [3.05, 3.63) is 24.3 Å². The maximum atomic E-state index is 12.0. The van der Waals surface area contributed by atoms with Crippen molar-refractivity contribution >= 4 is 23.3 Å². The third-order valence-corrected chi connectivity index (χ3v) is 3.18. The summed E-state index contributed by atoms with van der Waals surface area (Å²) in [4.78, 5) is 24.6. The first-order valence-electron chi connectivity index (χ1n) is 6.68. The smallest absolute Gasteiger partial charge is 0.308 e. The molecule has 108 valence electrons. The van der Waals surface area contributed by atoms with Gasteiger partial charge in [0.1, 0.15) is 0 Å². The van der Waals surface area contributed by atoms with Crippen LogP contribution in [-0.4, -0.2) is 29.1 Å². The first-order chi connectivity index (χ1) is 9.28. The first-order valence-corrected chi connectivity index (χ1v) is 6.68. The van der Waals surface area contributed by atoms with Gasteiger partial charge < -0.3 is 15.3 Å². The SMILES string of the molecule is CC(C)(C)Nc1ccccc1N1CC(C(=O)O)CC1=O. The molecule has 0 saturated carbocycles. The topological polar surface area (TPSA) is 69.6 Å². The summed E-state index contributed by atoms with van der Waals surface area (Å²) >= 11 is 0. The lowest BCUT2D eigenvalue weighted by Crippen LogP contribution is -2.30. The molecule has 1 aromatic rings. The van der Waals surface area contributed by atoms with Crippen LogP contribution in [0.5, 0.6) is 0 Å². The van der Waals surface area contributed by atoms with Gasteiger partial charge in [-0.25, -0.2) is 0 Å². The summed E-state index contributed by atoms with van der Waals surface area (Å²) in [7, 11) is 0. The third kappa shape index (κ3) is 3.10. The second-order valence-corrected chi connectivity index (χ2v) is 6.14. The van der Waals surface area contributed by atoms with Crippen LogP contribution < -0.4 is 10.2 Å². The fourth-order valence-corrected chi connectivity index (χ4v) is 2.32. The average molecular weight is 276 g/mol. The predicted molar refractivity (Wildman–Crippen MR) is 77.9 cm³/mol. The minimum Gasteiger partial charge on any atom is -0.481 e. The number of carbonyl (C=O) groups excluding carboxylic acids is 1. The van der Waals surface area contributed by atoms with E-state index >= 15 is 0 Å². The van der Waals surface area contributed by atoms with Gasteiger partial charge in [0.25, 0.3) is 0 Å². The molecule has 1 heterocycles. The molecule has 1 aliphatic heterocycles. The number of nitrogens with zero attached hydrogens (tertiary/aromatic N) is 1. The molecule has 1 aromatic carbocycles. The Hall–Kier alpha value is -2.04. The van der Waals surface area contributed by atoms with Crippen molar-refractivity contribution in [2.45, 2.75) is 32.7 Å². The molecule has 0 aliphatic carbocycles. The van der Waals surface area contributed by atoms with E-state index in [2.05, 4.69) is 5.32 Å². The minimum atomic E-state index is -0.915. The van der Waals surface area contributed by atoms with E-state index in [4.69, 9.17) is 5.11 Å². The molecule has 20 heavy (non-hydrogen) atoms. The number of benzene rings is 1. The number of nitrogens with one attached hydrogen (secondary N) is 1. The highest BCUT2D eigenvalue weighted by atomic mass is 16.4. The van der Waals surface area contributed by atoms with Crippen molar-refractivity contribution < 1.29 is 14.7 Å². The van der Waals surface area contributed by atoms with E-state index in [1.54, 1.807) is 4.90 Å². The molecule has 1 unspecified atom stereocenters. The maximum Gasteiger partial charge on any atom is 0.308 e. The van der Waals surface area contributed by atoms with Crippen molar-refractivity contribution in [2.24, 2.45) is 5.92 Å².